The van der Waals surface area contributed by atoms with E-state index in [1.54, 1.807) is 19.2 Å². The zero-order valence-electron chi connectivity index (χ0n) is 12.2. The van der Waals surface area contributed by atoms with Gasteiger partial charge in [-0.05, 0) is 39.0 Å². The molecule has 0 aliphatic heterocycles. The molecule has 2 aromatic rings. The minimum atomic E-state index is -0.128. The van der Waals surface area contributed by atoms with Crippen LogP contribution in [0.4, 0.5) is 0 Å². The van der Waals surface area contributed by atoms with Gasteiger partial charge in [0.05, 0.1) is 29.0 Å². The lowest BCUT2D eigenvalue weighted by molar-refractivity contribution is 0.0905. The highest BCUT2D eigenvalue weighted by molar-refractivity contribution is 5.97. The average molecular weight is 273 g/mol. The van der Waals surface area contributed by atoms with Crippen molar-refractivity contribution in [2.24, 2.45) is 0 Å². The molecule has 1 aromatic carbocycles. The van der Waals surface area contributed by atoms with E-state index in [1.165, 1.54) is 0 Å². The lowest BCUT2D eigenvalue weighted by Crippen LogP contribution is -2.35. The summed E-state index contributed by atoms with van der Waals surface area (Å²) in [6.07, 6.45) is 0. The van der Waals surface area contributed by atoms with Gasteiger partial charge in [0.1, 0.15) is 0 Å². The number of carbonyl (C=O) groups excluding carboxylic acids is 1. The van der Waals surface area contributed by atoms with Crippen LogP contribution in [0.3, 0.4) is 0 Å². The largest absolute Gasteiger partial charge is 0.383 e. The van der Waals surface area contributed by atoms with Crippen molar-refractivity contribution in [1.82, 2.24) is 15.3 Å². The Bertz CT molecular complexity index is 640. The molecule has 0 saturated heterocycles. The molecule has 0 aliphatic rings. The summed E-state index contributed by atoms with van der Waals surface area (Å²) in [6, 6.07) is 5.32. The fourth-order valence-corrected chi connectivity index (χ4v) is 1.97. The molecule has 106 valence electrons. The molecule has 1 atom stereocenters. The van der Waals surface area contributed by atoms with Crippen LogP contribution < -0.4 is 5.32 Å². The molecule has 5 nitrogen and oxygen atoms in total. The molecule has 0 spiro atoms. The second-order valence-electron chi connectivity index (χ2n) is 4.93. The molecule has 0 saturated carbocycles. The molecule has 1 heterocycles. The Kier molecular flexibility index (Phi) is 4.29. The van der Waals surface area contributed by atoms with Crippen LogP contribution in [0.2, 0.25) is 0 Å². The van der Waals surface area contributed by atoms with Crippen molar-refractivity contribution in [2.75, 3.05) is 13.7 Å². The number of carbonyl (C=O) groups is 1. The molecule has 2 rings (SSSR count). The summed E-state index contributed by atoms with van der Waals surface area (Å²) < 4.78 is 5.00. The van der Waals surface area contributed by atoms with Gasteiger partial charge in [-0.25, -0.2) is 9.97 Å². The molecule has 0 radical (unpaired) electrons. The van der Waals surface area contributed by atoms with Crippen molar-refractivity contribution < 1.29 is 9.53 Å². The lowest BCUT2D eigenvalue weighted by Gasteiger charge is -2.13. The first kappa shape index (κ1) is 14.4. The predicted molar refractivity (Wildman–Crippen MR) is 77.8 cm³/mol. The van der Waals surface area contributed by atoms with E-state index in [9.17, 15) is 4.79 Å². The maximum absolute atomic E-state index is 12.1. The normalized spacial score (nSPS) is 12.4. The van der Waals surface area contributed by atoms with Crippen LogP contribution in [-0.4, -0.2) is 35.6 Å². The number of hydrogen-bond acceptors (Lipinski definition) is 4. The first-order chi connectivity index (χ1) is 9.51. The SMILES string of the molecule is COC[C@@H](C)NC(=O)c1ccc2nc(C)c(C)nc2c1. The van der Waals surface area contributed by atoms with Gasteiger partial charge in [0.2, 0.25) is 0 Å². The molecule has 1 amide bonds. The molecular weight excluding hydrogens is 254 g/mol. The maximum Gasteiger partial charge on any atom is 0.251 e. The third-order valence-electron chi connectivity index (χ3n) is 3.13. The number of aromatic nitrogens is 2. The number of methoxy groups -OCH3 is 1. The topological polar surface area (TPSA) is 64.1 Å². The molecule has 0 aliphatic carbocycles. The summed E-state index contributed by atoms with van der Waals surface area (Å²) in [6.45, 7) is 6.22. The van der Waals surface area contributed by atoms with Crippen LogP contribution in [0.1, 0.15) is 28.7 Å². The first-order valence-electron chi connectivity index (χ1n) is 6.56. The van der Waals surface area contributed by atoms with Crippen LogP contribution in [-0.2, 0) is 4.74 Å². The van der Waals surface area contributed by atoms with Crippen molar-refractivity contribution >= 4 is 16.9 Å². The minimum Gasteiger partial charge on any atom is -0.383 e. The Hall–Kier alpha value is -2.01. The van der Waals surface area contributed by atoms with Gasteiger partial charge < -0.3 is 10.1 Å². The number of nitrogens with zero attached hydrogens (tertiary/aromatic N) is 2. The Balaban J connectivity index is 2.27. The maximum atomic E-state index is 12.1. The zero-order chi connectivity index (χ0) is 14.7. The van der Waals surface area contributed by atoms with E-state index in [-0.39, 0.29) is 11.9 Å². The highest BCUT2D eigenvalue weighted by Crippen LogP contribution is 2.14. The van der Waals surface area contributed by atoms with Crippen LogP contribution >= 0.6 is 0 Å². The summed E-state index contributed by atoms with van der Waals surface area (Å²) in [5.41, 5.74) is 3.90. The van der Waals surface area contributed by atoms with E-state index in [0.717, 1.165) is 22.4 Å². The first-order valence-corrected chi connectivity index (χ1v) is 6.56. The molecule has 5 heteroatoms. The second kappa shape index (κ2) is 5.96. The number of benzene rings is 1. The number of ether oxygens (including phenoxy) is 1. The van der Waals surface area contributed by atoms with Gasteiger partial charge in [-0.2, -0.15) is 0 Å². The molecule has 20 heavy (non-hydrogen) atoms. The van der Waals surface area contributed by atoms with E-state index >= 15 is 0 Å². The fourth-order valence-electron chi connectivity index (χ4n) is 1.97. The summed E-state index contributed by atoms with van der Waals surface area (Å²) in [5, 5.41) is 2.88. The van der Waals surface area contributed by atoms with Crippen LogP contribution in [0.5, 0.6) is 0 Å². The smallest absolute Gasteiger partial charge is 0.251 e. The van der Waals surface area contributed by atoms with Gasteiger partial charge in [-0.3, -0.25) is 4.79 Å². The lowest BCUT2D eigenvalue weighted by atomic mass is 10.1. The molecule has 0 fully saturated rings. The third kappa shape index (κ3) is 3.11. The number of amides is 1. The Morgan fingerprint density at radius 1 is 1.25 bits per heavy atom. The summed E-state index contributed by atoms with van der Waals surface area (Å²) >= 11 is 0. The van der Waals surface area contributed by atoms with Crippen LogP contribution in [0.25, 0.3) is 11.0 Å². The van der Waals surface area contributed by atoms with Gasteiger partial charge in [-0.1, -0.05) is 0 Å². The molecule has 0 unspecified atom stereocenters. The van der Waals surface area contributed by atoms with E-state index < -0.39 is 0 Å². The van der Waals surface area contributed by atoms with E-state index in [0.29, 0.717) is 12.2 Å². The Morgan fingerprint density at radius 2 is 1.90 bits per heavy atom. The van der Waals surface area contributed by atoms with Crippen molar-refractivity contribution in [1.29, 1.82) is 0 Å². The Morgan fingerprint density at radius 3 is 2.55 bits per heavy atom. The number of nitrogens with one attached hydrogen (secondary N) is 1. The number of aryl methyl sites for hydroxylation is 2. The predicted octanol–water partition coefficient (Wildman–Crippen LogP) is 2.01. The third-order valence-corrected chi connectivity index (χ3v) is 3.13. The molecular formula is C15H19N3O2. The summed E-state index contributed by atoms with van der Waals surface area (Å²) in [7, 11) is 1.61. The van der Waals surface area contributed by atoms with Gasteiger partial charge in [0.25, 0.3) is 5.91 Å². The highest BCUT2D eigenvalue weighted by Gasteiger charge is 2.11. The van der Waals surface area contributed by atoms with Crippen molar-refractivity contribution in [3.05, 3.63) is 35.2 Å². The van der Waals surface area contributed by atoms with Gasteiger partial charge in [0, 0.05) is 18.7 Å². The van der Waals surface area contributed by atoms with Crippen molar-refractivity contribution in [3.63, 3.8) is 0 Å². The van der Waals surface area contributed by atoms with E-state index in [4.69, 9.17) is 4.74 Å². The van der Waals surface area contributed by atoms with Gasteiger partial charge in [-0.15, -0.1) is 0 Å². The quantitative estimate of drug-likeness (QED) is 0.925. The van der Waals surface area contributed by atoms with Crippen LogP contribution in [0.15, 0.2) is 18.2 Å². The van der Waals surface area contributed by atoms with Crippen molar-refractivity contribution in [2.45, 2.75) is 26.8 Å². The number of rotatable bonds is 4. The second-order valence-corrected chi connectivity index (χ2v) is 4.93. The van der Waals surface area contributed by atoms with Gasteiger partial charge in [0.15, 0.2) is 0 Å². The van der Waals surface area contributed by atoms with Gasteiger partial charge >= 0.3 is 0 Å². The fraction of sp³-hybridized carbons (Fsp3) is 0.400. The minimum absolute atomic E-state index is 0.0333. The summed E-state index contributed by atoms with van der Waals surface area (Å²) in [5.74, 6) is -0.128. The van der Waals surface area contributed by atoms with E-state index in [1.807, 2.05) is 26.8 Å². The number of hydrogen-bond donors (Lipinski definition) is 1. The zero-order valence-corrected chi connectivity index (χ0v) is 12.2. The monoisotopic (exact) mass is 273 g/mol. The standard InChI is InChI=1S/C15H19N3O2/c1-9(8-20-4)16-15(19)12-5-6-13-14(7-12)18-11(3)10(2)17-13/h5-7,9H,8H2,1-4H3,(H,16,19)/t9-/m1/s1. The number of fused-ring (bicyclic) bond motifs is 1. The molecule has 1 aromatic heterocycles. The summed E-state index contributed by atoms with van der Waals surface area (Å²) in [4.78, 5) is 21.0. The highest BCUT2D eigenvalue weighted by atomic mass is 16.5. The van der Waals surface area contributed by atoms with E-state index in [2.05, 4.69) is 15.3 Å². The average Bonchev–Trinajstić information content (AvgIpc) is 2.39. The van der Waals surface area contributed by atoms with Crippen LogP contribution in [0, 0.1) is 13.8 Å². The molecule has 1 N–H and O–H groups in total. The molecule has 0 bridgehead atoms. The Labute approximate surface area is 118 Å². The van der Waals surface area contributed by atoms with Crippen molar-refractivity contribution in [3.8, 4) is 0 Å².